The molecule has 2 aromatic rings. The Morgan fingerprint density at radius 1 is 1.26 bits per heavy atom. The van der Waals surface area contributed by atoms with Crippen LogP contribution in [-0.2, 0) is 13.1 Å². The fourth-order valence-electron chi connectivity index (χ4n) is 1.86. The molecule has 1 heterocycles. The van der Waals surface area contributed by atoms with Crippen molar-refractivity contribution < 1.29 is 9.13 Å². The zero-order valence-electron chi connectivity index (χ0n) is 11.1. The Balaban J connectivity index is 1.93. The molecule has 0 unspecified atom stereocenters. The second kappa shape index (κ2) is 6.29. The van der Waals surface area contributed by atoms with Crippen molar-refractivity contribution in [2.24, 2.45) is 0 Å². The Morgan fingerprint density at radius 3 is 2.79 bits per heavy atom. The predicted octanol–water partition coefficient (Wildman–Crippen LogP) is 2.83. The van der Waals surface area contributed by atoms with Crippen LogP contribution < -0.4 is 10.1 Å². The van der Waals surface area contributed by atoms with E-state index < -0.39 is 0 Å². The van der Waals surface area contributed by atoms with Crippen molar-refractivity contribution in [1.29, 1.82) is 0 Å². The lowest BCUT2D eigenvalue weighted by Gasteiger charge is -2.08. The van der Waals surface area contributed by atoms with Crippen LogP contribution >= 0.6 is 0 Å². The number of aromatic nitrogens is 1. The van der Waals surface area contributed by atoms with Gasteiger partial charge < -0.3 is 10.1 Å². The molecule has 19 heavy (non-hydrogen) atoms. The van der Waals surface area contributed by atoms with Crippen molar-refractivity contribution in [2.75, 3.05) is 7.11 Å². The second-order valence-electron chi connectivity index (χ2n) is 4.37. The van der Waals surface area contributed by atoms with Gasteiger partial charge in [0.2, 0.25) is 0 Å². The van der Waals surface area contributed by atoms with E-state index in [1.165, 1.54) is 18.7 Å². The highest BCUT2D eigenvalue weighted by molar-refractivity contribution is 5.29. The van der Waals surface area contributed by atoms with Crippen LogP contribution in [0, 0.1) is 12.7 Å². The van der Waals surface area contributed by atoms with E-state index in [0.29, 0.717) is 6.54 Å². The van der Waals surface area contributed by atoms with E-state index in [0.717, 1.165) is 17.7 Å². The van der Waals surface area contributed by atoms with Crippen molar-refractivity contribution in [1.82, 2.24) is 10.3 Å². The molecular formula is C15H17FN2O. The Labute approximate surface area is 112 Å². The molecule has 0 aliphatic carbocycles. The molecule has 1 aromatic heterocycles. The van der Waals surface area contributed by atoms with Crippen LogP contribution in [0.15, 0.2) is 36.7 Å². The molecule has 0 saturated carbocycles. The van der Waals surface area contributed by atoms with Crippen LogP contribution in [0.3, 0.4) is 0 Å². The van der Waals surface area contributed by atoms with Crippen LogP contribution in [0.4, 0.5) is 4.39 Å². The molecular weight excluding hydrogens is 243 g/mol. The number of nitrogens with one attached hydrogen (secondary N) is 1. The first-order valence-corrected chi connectivity index (χ1v) is 6.13. The Bertz CT molecular complexity index is 558. The van der Waals surface area contributed by atoms with Crippen LogP contribution in [0.25, 0.3) is 0 Å². The summed E-state index contributed by atoms with van der Waals surface area (Å²) in [6, 6.07) is 6.97. The first kappa shape index (κ1) is 13.5. The first-order valence-electron chi connectivity index (χ1n) is 6.13. The summed E-state index contributed by atoms with van der Waals surface area (Å²) in [6.45, 7) is 3.38. The Kier molecular flexibility index (Phi) is 4.47. The topological polar surface area (TPSA) is 34.1 Å². The van der Waals surface area contributed by atoms with Gasteiger partial charge in [0.15, 0.2) is 11.6 Å². The second-order valence-corrected chi connectivity index (χ2v) is 4.37. The molecule has 0 fully saturated rings. The summed E-state index contributed by atoms with van der Waals surface area (Å²) < 4.78 is 18.4. The summed E-state index contributed by atoms with van der Waals surface area (Å²) in [5, 5.41) is 3.29. The predicted molar refractivity (Wildman–Crippen MR) is 72.5 cm³/mol. The van der Waals surface area contributed by atoms with Gasteiger partial charge in [-0.2, -0.15) is 0 Å². The van der Waals surface area contributed by atoms with Gasteiger partial charge in [-0.15, -0.1) is 0 Å². The van der Waals surface area contributed by atoms with Gasteiger partial charge in [0.25, 0.3) is 0 Å². The molecule has 1 N–H and O–H groups in total. The van der Waals surface area contributed by atoms with E-state index in [2.05, 4.69) is 10.3 Å². The summed E-state index contributed by atoms with van der Waals surface area (Å²) in [5.74, 6) is -0.0596. The number of ether oxygens (including phenoxy) is 1. The van der Waals surface area contributed by atoms with Gasteiger partial charge in [0.05, 0.1) is 7.11 Å². The molecule has 3 nitrogen and oxygen atoms in total. The number of aryl methyl sites for hydroxylation is 1. The molecule has 0 bridgehead atoms. The highest BCUT2D eigenvalue weighted by atomic mass is 19.1. The zero-order chi connectivity index (χ0) is 13.7. The van der Waals surface area contributed by atoms with Gasteiger partial charge in [-0.25, -0.2) is 4.39 Å². The van der Waals surface area contributed by atoms with Crippen molar-refractivity contribution in [3.8, 4) is 5.75 Å². The van der Waals surface area contributed by atoms with E-state index in [1.807, 2.05) is 25.3 Å². The molecule has 0 aliphatic heterocycles. The van der Waals surface area contributed by atoms with Crippen LogP contribution in [0.1, 0.15) is 16.7 Å². The van der Waals surface area contributed by atoms with Crippen molar-refractivity contribution in [3.63, 3.8) is 0 Å². The van der Waals surface area contributed by atoms with Gasteiger partial charge in [-0.3, -0.25) is 4.98 Å². The number of pyridine rings is 1. The molecule has 0 radical (unpaired) electrons. The number of benzene rings is 1. The van der Waals surface area contributed by atoms with Crippen molar-refractivity contribution in [3.05, 3.63) is 59.2 Å². The smallest absolute Gasteiger partial charge is 0.165 e. The van der Waals surface area contributed by atoms with Gasteiger partial charge in [-0.1, -0.05) is 6.07 Å². The lowest BCUT2D eigenvalue weighted by atomic mass is 10.1. The molecule has 0 saturated heterocycles. The third kappa shape index (κ3) is 3.51. The van der Waals surface area contributed by atoms with Gasteiger partial charge in [-0.05, 0) is 41.8 Å². The van der Waals surface area contributed by atoms with E-state index in [-0.39, 0.29) is 11.6 Å². The van der Waals surface area contributed by atoms with Crippen molar-refractivity contribution >= 4 is 0 Å². The number of methoxy groups -OCH3 is 1. The number of halogens is 1. The standard InChI is InChI=1S/C15H17FN2O/c1-11-8-17-6-5-13(11)10-18-9-12-3-4-15(19-2)14(16)7-12/h3-8,18H,9-10H2,1-2H3. The number of rotatable bonds is 5. The maximum Gasteiger partial charge on any atom is 0.165 e. The molecule has 0 aliphatic rings. The maximum absolute atomic E-state index is 13.5. The lowest BCUT2D eigenvalue weighted by Crippen LogP contribution is -2.13. The Morgan fingerprint density at radius 2 is 2.11 bits per heavy atom. The normalized spacial score (nSPS) is 10.5. The summed E-state index contributed by atoms with van der Waals surface area (Å²) >= 11 is 0. The highest BCUT2D eigenvalue weighted by Gasteiger charge is 2.03. The molecule has 0 spiro atoms. The largest absolute Gasteiger partial charge is 0.494 e. The molecule has 0 atom stereocenters. The van der Waals surface area contributed by atoms with E-state index in [1.54, 1.807) is 12.3 Å². The van der Waals surface area contributed by atoms with Gasteiger partial charge in [0.1, 0.15) is 0 Å². The minimum Gasteiger partial charge on any atom is -0.494 e. The minimum atomic E-state index is -0.332. The van der Waals surface area contributed by atoms with Gasteiger partial charge in [0, 0.05) is 25.5 Å². The number of nitrogens with zero attached hydrogens (tertiary/aromatic N) is 1. The molecule has 4 heteroatoms. The molecule has 2 rings (SSSR count). The van der Waals surface area contributed by atoms with Gasteiger partial charge >= 0.3 is 0 Å². The first-order chi connectivity index (χ1) is 9.20. The van der Waals surface area contributed by atoms with E-state index >= 15 is 0 Å². The quantitative estimate of drug-likeness (QED) is 0.897. The van der Waals surface area contributed by atoms with Crippen LogP contribution in [0.2, 0.25) is 0 Å². The third-order valence-corrected chi connectivity index (χ3v) is 3.00. The SMILES string of the molecule is COc1ccc(CNCc2ccncc2C)cc1F. The summed E-state index contributed by atoms with van der Waals surface area (Å²) in [5.41, 5.74) is 3.24. The number of hydrogen-bond donors (Lipinski definition) is 1. The Hall–Kier alpha value is -1.94. The average Bonchev–Trinajstić information content (AvgIpc) is 2.41. The maximum atomic E-state index is 13.5. The average molecular weight is 260 g/mol. The highest BCUT2D eigenvalue weighted by Crippen LogP contribution is 2.17. The zero-order valence-corrected chi connectivity index (χ0v) is 11.1. The van der Waals surface area contributed by atoms with Crippen LogP contribution in [0.5, 0.6) is 5.75 Å². The summed E-state index contributed by atoms with van der Waals surface area (Å²) in [6.07, 6.45) is 3.61. The fourth-order valence-corrected chi connectivity index (χ4v) is 1.86. The minimum absolute atomic E-state index is 0.272. The molecule has 1 aromatic carbocycles. The molecule has 0 amide bonds. The van der Waals surface area contributed by atoms with E-state index in [9.17, 15) is 4.39 Å². The fraction of sp³-hybridized carbons (Fsp3) is 0.267. The van der Waals surface area contributed by atoms with E-state index in [4.69, 9.17) is 4.74 Å². The van der Waals surface area contributed by atoms with Crippen LogP contribution in [-0.4, -0.2) is 12.1 Å². The molecule has 100 valence electrons. The third-order valence-electron chi connectivity index (χ3n) is 3.00. The lowest BCUT2D eigenvalue weighted by molar-refractivity contribution is 0.386. The number of hydrogen-bond acceptors (Lipinski definition) is 3. The summed E-state index contributed by atoms with van der Waals surface area (Å²) in [7, 11) is 1.46. The summed E-state index contributed by atoms with van der Waals surface area (Å²) in [4.78, 5) is 4.05. The monoisotopic (exact) mass is 260 g/mol. The van der Waals surface area contributed by atoms with Crippen molar-refractivity contribution in [2.45, 2.75) is 20.0 Å².